The molecule has 0 unspecified atom stereocenters. The van der Waals surface area contributed by atoms with Gasteiger partial charge in [-0.3, -0.25) is 9.78 Å². The van der Waals surface area contributed by atoms with Crippen molar-refractivity contribution in [2.45, 2.75) is 18.4 Å². The van der Waals surface area contributed by atoms with E-state index in [-0.39, 0.29) is 11.4 Å². The van der Waals surface area contributed by atoms with Crippen molar-refractivity contribution in [2.75, 3.05) is 0 Å². The predicted molar refractivity (Wildman–Crippen MR) is 74.1 cm³/mol. The predicted octanol–water partition coefficient (Wildman–Crippen LogP) is 3.15. The first-order valence-electron chi connectivity index (χ1n) is 6.18. The van der Waals surface area contributed by atoms with Gasteiger partial charge in [0.1, 0.15) is 0 Å². The summed E-state index contributed by atoms with van der Waals surface area (Å²) in [5, 5.41) is 3.80. The Kier molecular flexibility index (Phi) is 2.99. The number of aromatic nitrogens is 1. The molecular formula is C15H13ClN2O. The highest BCUT2D eigenvalue weighted by Crippen LogP contribution is 2.45. The molecule has 1 aromatic heterocycles. The first-order valence-corrected chi connectivity index (χ1v) is 6.56. The van der Waals surface area contributed by atoms with Crippen molar-refractivity contribution in [3.05, 3.63) is 64.9 Å². The molecule has 1 aliphatic rings. The Morgan fingerprint density at radius 3 is 2.53 bits per heavy atom. The summed E-state index contributed by atoms with van der Waals surface area (Å²) >= 11 is 5.89. The first kappa shape index (κ1) is 12.2. The van der Waals surface area contributed by atoms with Gasteiger partial charge in [0.2, 0.25) is 0 Å². The molecule has 0 radical (unpaired) electrons. The highest BCUT2D eigenvalue weighted by Gasteiger charge is 2.45. The summed E-state index contributed by atoms with van der Waals surface area (Å²) in [4.78, 5) is 16.1. The Bertz CT molecular complexity index is 591. The second-order valence-corrected chi connectivity index (χ2v) is 5.22. The number of nitrogens with zero attached hydrogens (tertiary/aromatic N) is 1. The molecule has 0 bridgehead atoms. The van der Waals surface area contributed by atoms with Crippen LogP contribution in [0.5, 0.6) is 0 Å². The van der Waals surface area contributed by atoms with Gasteiger partial charge in [-0.25, -0.2) is 0 Å². The van der Waals surface area contributed by atoms with E-state index in [2.05, 4.69) is 10.3 Å². The lowest BCUT2D eigenvalue weighted by Gasteiger charge is -2.18. The van der Waals surface area contributed by atoms with E-state index in [4.69, 9.17) is 11.6 Å². The Balaban J connectivity index is 1.79. The molecule has 4 heteroatoms. The van der Waals surface area contributed by atoms with Crippen LogP contribution in [0.1, 0.15) is 28.8 Å². The van der Waals surface area contributed by atoms with Crippen LogP contribution in [-0.2, 0) is 5.54 Å². The van der Waals surface area contributed by atoms with E-state index in [0.717, 1.165) is 18.4 Å². The second kappa shape index (κ2) is 4.67. The SMILES string of the molecule is O=C(NC1(c2ccc(Cl)cc2)CC1)c1cccnc1. The molecule has 96 valence electrons. The molecule has 1 amide bonds. The van der Waals surface area contributed by atoms with Crippen LogP contribution < -0.4 is 5.32 Å². The van der Waals surface area contributed by atoms with Gasteiger partial charge in [-0.05, 0) is 42.7 Å². The molecule has 19 heavy (non-hydrogen) atoms. The number of nitrogens with one attached hydrogen (secondary N) is 1. The molecule has 1 aliphatic carbocycles. The van der Waals surface area contributed by atoms with E-state index < -0.39 is 0 Å². The van der Waals surface area contributed by atoms with Gasteiger partial charge in [-0.2, -0.15) is 0 Å². The van der Waals surface area contributed by atoms with E-state index in [1.807, 2.05) is 24.3 Å². The van der Waals surface area contributed by atoms with Crippen molar-refractivity contribution in [1.82, 2.24) is 10.3 Å². The summed E-state index contributed by atoms with van der Waals surface area (Å²) in [6.07, 6.45) is 5.15. The van der Waals surface area contributed by atoms with E-state index in [1.165, 1.54) is 0 Å². The van der Waals surface area contributed by atoms with Gasteiger partial charge in [-0.1, -0.05) is 23.7 Å². The zero-order chi connectivity index (χ0) is 13.3. The molecule has 1 saturated carbocycles. The standard InChI is InChI=1S/C15H13ClN2O/c16-13-5-3-12(4-6-13)15(7-8-15)18-14(19)11-2-1-9-17-10-11/h1-6,9-10H,7-8H2,(H,18,19). The Morgan fingerprint density at radius 2 is 1.95 bits per heavy atom. The molecule has 2 aromatic rings. The number of benzene rings is 1. The Labute approximate surface area is 116 Å². The number of hydrogen-bond acceptors (Lipinski definition) is 2. The highest BCUT2D eigenvalue weighted by atomic mass is 35.5. The van der Waals surface area contributed by atoms with Crippen molar-refractivity contribution in [3.63, 3.8) is 0 Å². The maximum Gasteiger partial charge on any atom is 0.253 e. The summed E-state index contributed by atoms with van der Waals surface area (Å²) < 4.78 is 0. The molecule has 0 atom stereocenters. The normalized spacial score (nSPS) is 15.8. The lowest BCUT2D eigenvalue weighted by molar-refractivity contribution is 0.0930. The molecule has 3 rings (SSSR count). The molecule has 3 nitrogen and oxygen atoms in total. The Morgan fingerprint density at radius 1 is 1.21 bits per heavy atom. The third-order valence-corrected chi connectivity index (χ3v) is 3.68. The monoisotopic (exact) mass is 272 g/mol. The number of hydrogen-bond donors (Lipinski definition) is 1. The molecule has 0 aliphatic heterocycles. The van der Waals surface area contributed by atoms with Crippen LogP contribution in [0.3, 0.4) is 0 Å². The summed E-state index contributed by atoms with van der Waals surface area (Å²) in [5.41, 5.74) is 1.47. The summed E-state index contributed by atoms with van der Waals surface area (Å²) in [5.74, 6) is -0.0828. The highest BCUT2D eigenvalue weighted by molar-refractivity contribution is 6.30. The van der Waals surface area contributed by atoms with Crippen LogP contribution in [0.25, 0.3) is 0 Å². The van der Waals surface area contributed by atoms with Gasteiger partial charge in [0.25, 0.3) is 5.91 Å². The van der Waals surface area contributed by atoms with Crippen LogP contribution in [0.15, 0.2) is 48.8 Å². The summed E-state index contributed by atoms with van der Waals surface area (Å²) in [6.45, 7) is 0. The largest absolute Gasteiger partial charge is 0.342 e. The third-order valence-electron chi connectivity index (χ3n) is 3.42. The fraction of sp³-hybridized carbons (Fsp3) is 0.200. The second-order valence-electron chi connectivity index (χ2n) is 4.78. The lowest BCUT2D eigenvalue weighted by atomic mass is 10.0. The van der Waals surface area contributed by atoms with E-state index in [0.29, 0.717) is 10.6 Å². The number of pyridine rings is 1. The molecule has 1 heterocycles. The number of halogens is 1. The van der Waals surface area contributed by atoms with Gasteiger partial charge < -0.3 is 5.32 Å². The molecule has 1 fully saturated rings. The minimum atomic E-state index is -0.225. The van der Waals surface area contributed by atoms with Crippen molar-refractivity contribution < 1.29 is 4.79 Å². The van der Waals surface area contributed by atoms with Crippen LogP contribution in [0.4, 0.5) is 0 Å². The topological polar surface area (TPSA) is 42.0 Å². The molecule has 1 N–H and O–H groups in total. The maximum atomic E-state index is 12.2. The molecule has 0 saturated heterocycles. The van der Waals surface area contributed by atoms with Crippen LogP contribution in [0, 0.1) is 0 Å². The van der Waals surface area contributed by atoms with E-state index in [1.54, 1.807) is 24.5 Å². The quantitative estimate of drug-likeness (QED) is 0.933. The number of carbonyl (C=O) groups excluding carboxylic acids is 1. The van der Waals surface area contributed by atoms with Gasteiger partial charge in [0.15, 0.2) is 0 Å². The minimum absolute atomic E-state index is 0.0828. The average molecular weight is 273 g/mol. The van der Waals surface area contributed by atoms with Gasteiger partial charge in [-0.15, -0.1) is 0 Å². The van der Waals surface area contributed by atoms with Crippen LogP contribution in [-0.4, -0.2) is 10.9 Å². The molecular weight excluding hydrogens is 260 g/mol. The maximum absolute atomic E-state index is 12.2. The fourth-order valence-corrected chi connectivity index (χ4v) is 2.29. The van der Waals surface area contributed by atoms with Gasteiger partial charge >= 0.3 is 0 Å². The van der Waals surface area contributed by atoms with Gasteiger partial charge in [0.05, 0.1) is 11.1 Å². The summed E-state index contributed by atoms with van der Waals surface area (Å²) in [6, 6.07) is 11.2. The van der Waals surface area contributed by atoms with Crippen molar-refractivity contribution in [3.8, 4) is 0 Å². The van der Waals surface area contributed by atoms with Crippen LogP contribution >= 0.6 is 11.6 Å². The lowest BCUT2D eigenvalue weighted by Crippen LogP contribution is -2.34. The fourth-order valence-electron chi connectivity index (χ4n) is 2.17. The van der Waals surface area contributed by atoms with E-state index in [9.17, 15) is 4.79 Å². The van der Waals surface area contributed by atoms with Gasteiger partial charge in [0, 0.05) is 17.4 Å². The number of rotatable bonds is 3. The van der Waals surface area contributed by atoms with Crippen molar-refractivity contribution in [1.29, 1.82) is 0 Å². The molecule has 1 aromatic carbocycles. The third kappa shape index (κ3) is 2.47. The van der Waals surface area contributed by atoms with Crippen molar-refractivity contribution in [2.24, 2.45) is 0 Å². The van der Waals surface area contributed by atoms with E-state index >= 15 is 0 Å². The van der Waals surface area contributed by atoms with Crippen molar-refractivity contribution >= 4 is 17.5 Å². The summed E-state index contributed by atoms with van der Waals surface area (Å²) in [7, 11) is 0. The Hall–Kier alpha value is -1.87. The first-order chi connectivity index (χ1) is 9.20. The number of carbonyl (C=O) groups is 1. The van der Waals surface area contributed by atoms with Crippen LogP contribution in [0.2, 0.25) is 5.02 Å². The average Bonchev–Trinajstić information content (AvgIpc) is 3.21. The smallest absolute Gasteiger partial charge is 0.253 e. The molecule has 0 spiro atoms. The number of amides is 1. The zero-order valence-electron chi connectivity index (χ0n) is 10.3. The minimum Gasteiger partial charge on any atom is -0.342 e. The zero-order valence-corrected chi connectivity index (χ0v) is 11.0.